The Balaban J connectivity index is 3.23. The number of hydrogen-bond donors (Lipinski definition) is 0. The Morgan fingerprint density at radius 3 is 2.23 bits per heavy atom. The molecule has 0 spiro atoms. The maximum absolute atomic E-state index is 13.3. The van der Waals surface area contributed by atoms with E-state index in [4.69, 9.17) is 0 Å². The molecule has 3 heteroatoms. The van der Waals surface area contributed by atoms with Crippen LogP contribution in [0.25, 0.3) is 0 Å². The van der Waals surface area contributed by atoms with E-state index >= 15 is 0 Å². The highest BCUT2D eigenvalue weighted by Gasteiger charge is 2.14. The molecule has 1 rings (SSSR count). The molecule has 13 heavy (non-hydrogen) atoms. The maximum atomic E-state index is 13.3. The van der Waals surface area contributed by atoms with E-state index in [1.165, 1.54) is 11.8 Å². The fourth-order valence-corrected chi connectivity index (χ4v) is 1.62. The highest BCUT2D eigenvalue weighted by Crippen LogP contribution is 2.27. The molecule has 0 aliphatic rings. The standard InChI is InChI=1S/C10H12F2S/c1-6(2)7-4-5-8(13-3)10(12)9(7)11/h4-6H,1-3H3. The van der Waals surface area contributed by atoms with Crippen molar-refractivity contribution in [1.29, 1.82) is 0 Å². The lowest BCUT2D eigenvalue weighted by atomic mass is 10.0. The van der Waals surface area contributed by atoms with Crippen molar-refractivity contribution in [2.75, 3.05) is 6.26 Å². The molecule has 72 valence electrons. The fourth-order valence-electron chi connectivity index (χ4n) is 1.15. The van der Waals surface area contributed by atoms with Crippen LogP contribution in [0.4, 0.5) is 8.78 Å². The molecule has 0 radical (unpaired) electrons. The highest BCUT2D eigenvalue weighted by atomic mass is 32.2. The third-order valence-corrected chi connectivity index (χ3v) is 2.67. The van der Waals surface area contributed by atoms with Crippen LogP contribution in [0.2, 0.25) is 0 Å². The van der Waals surface area contributed by atoms with Crippen LogP contribution >= 0.6 is 11.8 Å². The minimum absolute atomic E-state index is 0.0189. The van der Waals surface area contributed by atoms with Gasteiger partial charge in [0.15, 0.2) is 11.6 Å². The summed E-state index contributed by atoms with van der Waals surface area (Å²) in [5.41, 5.74) is 0.440. The summed E-state index contributed by atoms with van der Waals surface area (Å²) in [5.74, 6) is -1.41. The molecular weight excluding hydrogens is 190 g/mol. The summed E-state index contributed by atoms with van der Waals surface area (Å²) in [5, 5.41) is 0. The molecule has 0 unspecified atom stereocenters. The third kappa shape index (κ3) is 2.02. The molecule has 0 atom stereocenters. The van der Waals surface area contributed by atoms with Gasteiger partial charge < -0.3 is 0 Å². The Morgan fingerprint density at radius 1 is 1.15 bits per heavy atom. The van der Waals surface area contributed by atoms with Gasteiger partial charge in [-0.15, -0.1) is 11.8 Å². The molecule has 0 N–H and O–H groups in total. The predicted octanol–water partition coefficient (Wildman–Crippen LogP) is 3.81. The smallest absolute Gasteiger partial charge is 0.172 e. The second-order valence-corrected chi connectivity index (χ2v) is 3.99. The van der Waals surface area contributed by atoms with E-state index in [9.17, 15) is 8.78 Å². The van der Waals surface area contributed by atoms with Crippen molar-refractivity contribution in [3.8, 4) is 0 Å². The van der Waals surface area contributed by atoms with Crippen LogP contribution in [-0.2, 0) is 0 Å². The molecule has 0 aromatic heterocycles. The minimum Gasteiger partial charge on any atom is -0.203 e. The van der Waals surface area contributed by atoms with Gasteiger partial charge in [-0.1, -0.05) is 19.9 Å². The number of halogens is 2. The zero-order valence-corrected chi connectivity index (χ0v) is 8.71. The molecule has 0 saturated carbocycles. The first-order valence-corrected chi connectivity index (χ1v) is 5.32. The second-order valence-electron chi connectivity index (χ2n) is 3.14. The molecule has 1 aromatic rings. The Kier molecular flexibility index (Phi) is 3.31. The fraction of sp³-hybridized carbons (Fsp3) is 0.400. The molecule has 1 aromatic carbocycles. The average Bonchev–Trinajstić information content (AvgIpc) is 2.09. The molecular formula is C10H12F2S. The lowest BCUT2D eigenvalue weighted by Gasteiger charge is -2.09. The number of hydrogen-bond acceptors (Lipinski definition) is 1. The summed E-state index contributed by atoms with van der Waals surface area (Å²) in [6, 6.07) is 3.27. The molecule has 0 fully saturated rings. The quantitative estimate of drug-likeness (QED) is 0.657. The van der Waals surface area contributed by atoms with Crippen LogP contribution in [-0.4, -0.2) is 6.26 Å². The van der Waals surface area contributed by atoms with Crippen LogP contribution in [0.1, 0.15) is 25.3 Å². The zero-order chi connectivity index (χ0) is 10.0. The molecule has 0 bridgehead atoms. The van der Waals surface area contributed by atoms with Crippen LogP contribution in [0.15, 0.2) is 17.0 Å². The van der Waals surface area contributed by atoms with E-state index in [0.29, 0.717) is 10.5 Å². The van der Waals surface area contributed by atoms with E-state index in [-0.39, 0.29) is 5.92 Å². The Labute approximate surface area is 81.3 Å². The first-order chi connectivity index (χ1) is 6.07. The van der Waals surface area contributed by atoms with Gasteiger partial charge in [0.1, 0.15) is 0 Å². The number of benzene rings is 1. The van der Waals surface area contributed by atoms with Gasteiger partial charge in [0.05, 0.1) is 0 Å². The van der Waals surface area contributed by atoms with Crippen LogP contribution in [0, 0.1) is 11.6 Å². The monoisotopic (exact) mass is 202 g/mol. The summed E-state index contributed by atoms with van der Waals surface area (Å²) >= 11 is 1.22. The van der Waals surface area contributed by atoms with Gasteiger partial charge in [-0.05, 0) is 23.8 Å². The van der Waals surface area contributed by atoms with E-state index in [1.807, 2.05) is 13.8 Å². The van der Waals surface area contributed by atoms with E-state index < -0.39 is 11.6 Å². The van der Waals surface area contributed by atoms with Crippen LogP contribution in [0.3, 0.4) is 0 Å². The first-order valence-electron chi connectivity index (χ1n) is 4.09. The second kappa shape index (κ2) is 4.09. The third-order valence-electron chi connectivity index (χ3n) is 1.92. The lowest BCUT2D eigenvalue weighted by molar-refractivity contribution is 0.478. The zero-order valence-electron chi connectivity index (χ0n) is 7.90. The van der Waals surface area contributed by atoms with Gasteiger partial charge in [-0.25, -0.2) is 8.78 Å². The van der Waals surface area contributed by atoms with Gasteiger partial charge in [0.25, 0.3) is 0 Å². The Morgan fingerprint density at radius 2 is 1.77 bits per heavy atom. The Bertz CT molecular complexity index is 308. The molecule has 0 saturated heterocycles. The summed E-state index contributed by atoms with van der Waals surface area (Å²) in [6.07, 6.45) is 1.73. The highest BCUT2D eigenvalue weighted by molar-refractivity contribution is 7.98. The van der Waals surface area contributed by atoms with Gasteiger partial charge in [-0.3, -0.25) is 0 Å². The van der Waals surface area contributed by atoms with Crippen molar-refractivity contribution in [2.24, 2.45) is 0 Å². The average molecular weight is 202 g/mol. The predicted molar refractivity (Wildman–Crippen MR) is 52.2 cm³/mol. The molecule has 0 amide bonds. The topological polar surface area (TPSA) is 0 Å². The van der Waals surface area contributed by atoms with Crippen molar-refractivity contribution in [3.05, 3.63) is 29.3 Å². The van der Waals surface area contributed by atoms with Crippen molar-refractivity contribution >= 4 is 11.8 Å². The lowest BCUT2D eigenvalue weighted by Crippen LogP contribution is -1.97. The number of rotatable bonds is 2. The number of thioether (sulfide) groups is 1. The molecule has 0 heterocycles. The SMILES string of the molecule is CSc1ccc(C(C)C)c(F)c1F. The summed E-state index contributed by atoms with van der Waals surface area (Å²) in [6.45, 7) is 3.69. The molecule has 0 nitrogen and oxygen atoms in total. The van der Waals surface area contributed by atoms with Gasteiger partial charge in [0.2, 0.25) is 0 Å². The maximum Gasteiger partial charge on any atom is 0.172 e. The molecule has 0 aliphatic heterocycles. The first kappa shape index (κ1) is 10.5. The van der Waals surface area contributed by atoms with Crippen LogP contribution in [0.5, 0.6) is 0 Å². The Hall–Kier alpha value is -0.570. The van der Waals surface area contributed by atoms with Crippen molar-refractivity contribution in [3.63, 3.8) is 0 Å². The minimum atomic E-state index is -0.723. The summed E-state index contributed by atoms with van der Waals surface area (Å²) in [7, 11) is 0. The van der Waals surface area contributed by atoms with Gasteiger partial charge in [0, 0.05) is 4.90 Å². The van der Waals surface area contributed by atoms with Gasteiger partial charge in [-0.2, -0.15) is 0 Å². The van der Waals surface area contributed by atoms with E-state index in [2.05, 4.69) is 0 Å². The van der Waals surface area contributed by atoms with E-state index in [1.54, 1.807) is 18.4 Å². The van der Waals surface area contributed by atoms with Crippen molar-refractivity contribution in [2.45, 2.75) is 24.7 Å². The normalized spacial score (nSPS) is 10.9. The largest absolute Gasteiger partial charge is 0.203 e. The molecule has 0 aliphatic carbocycles. The summed E-state index contributed by atoms with van der Waals surface area (Å²) in [4.78, 5) is 0.363. The van der Waals surface area contributed by atoms with Gasteiger partial charge >= 0.3 is 0 Å². The van der Waals surface area contributed by atoms with Crippen LogP contribution < -0.4 is 0 Å². The van der Waals surface area contributed by atoms with Crippen molar-refractivity contribution in [1.82, 2.24) is 0 Å². The summed E-state index contributed by atoms with van der Waals surface area (Å²) < 4.78 is 26.5. The van der Waals surface area contributed by atoms with Crippen molar-refractivity contribution < 1.29 is 8.78 Å². The van der Waals surface area contributed by atoms with E-state index in [0.717, 1.165) is 0 Å².